The summed E-state index contributed by atoms with van der Waals surface area (Å²) < 4.78 is 5.37. The van der Waals surface area contributed by atoms with Crippen molar-refractivity contribution in [2.24, 2.45) is 5.92 Å². The zero-order valence-electron chi connectivity index (χ0n) is 13.1. The molecule has 0 aliphatic carbocycles. The molecule has 112 valence electrons. The molecule has 0 saturated carbocycles. The van der Waals surface area contributed by atoms with Crippen LogP contribution in [0.4, 0.5) is 0 Å². The van der Waals surface area contributed by atoms with Crippen molar-refractivity contribution in [2.45, 2.75) is 47.1 Å². The third-order valence-electron chi connectivity index (χ3n) is 3.12. The second-order valence-electron chi connectivity index (χ2n) is 5.00. The van der Waals surface area contributed by atoms with Crippen molar-refractivity contribution in [1.29, 1.82) is 0 Å². The first-order chi connectivity index (χ1) is 9.25. The van der Waals surface area contributed by atoms with E-state index in [2.05, 4.69) is 0 Å². The van der Waals surface area contributed by atoms with Crippen LogP contribution >= 0.6 is 0 Å². The number of hydrogen-bond donors (Lipinski definition) is 1. The van der Waals surface area contributed by atoms with Crippen molar-refractivity contribution >= 4 is 11.9 Å². The number of carboxylic acid groups (broad SMARTS) is 1. The smallest absolute Gasteiger partial charge is 0.339 e. The number of carbonyl (C=O) groups excluding carboxylic acids is 1. The van der Waals surface area contributed by atoms with Crippen LogP contribution in [0.25, 0.3) is 0 Å². The fraction of sp³-hybridized carbons (Fsp3) is 0.500. The molecule has 0 aromatic heterocycles. The van der Waals surface area contributed by atoms with E-state index in [1.54, 1.807) is 26.0 Å². The van der Waals surface area contributed by atoms with E-state index in [0.29, 0.717) is 0 Å². The average molecular weight is 280 g/mol. The van der Waals surface area contributed by atoms with Crippen LogP contribution in [0.15, 0.2) is 24.3 Å². The summed E-state index contributed by atoms with van der Waals surface area (Å²) in [7, 11) is 0. The number of ether oxygens (including phenoxy) is 1. The van der Waals surface area contributed by atoms with Crippen molar-refractivity contribution in [3.8, 4) is 0 Å². The highest BCUT2D eigenvalue weighted by atomic mass is 16.6. The first-order valence-corrected chi connectivity index (χ1v) is 6.81. The Morgan fingerprint density at radius 2 is 1.55 bits per heavy atom. The Kier molecular flexibility index (Phi) is 6.97. The number of esters is 1. The summed E-state index contributed by atoms with van der Waals surface area (Å²) in [6, 6.07) is 6.04. The van der Waals surface area contributed by atoms with Crippen LogP contribution < -0.4 is 0 Å². The van der Waals surface area contributed by atoms with Crippen LogP contribution in [0.3, 0.4) is 0 Å². The van der Waals surface area contributed by atoms with Gasteiger partial charge in [-0.05, 0) is 31.9 Å². The topological polar surface area (TPSA) is 63.6 Å². The van der Waals surface area contributed by atoms with Gasteiger partial charge in [-0.25, -0.2) is 9.59 Å². The number of rotatable bonds is 4. The van der Waals surface area contributed by atoms with E-state index < -0.39 is 17.5 Å². The minimum atomic E-state index is -1.13. The van der Waals surface area contributed by atoms with Gasteiger partial charge in [-0.15, -0.1) is 0 Å². The third kappa shape index (κ3) is 4.68. The molecule has 0 aliphatic heterocycles. The third-order valence-corrected chi connectivity index (χ3v) is 3.12. The summed E-state index contributed by atoms with van der Waals surface area (Å²) in [5, 5.41) is 9.01. The highest BCUT2D eigenvalue weighted by Gasteiger charge is 2.29. The lowest BCUT2D eigenvalue weighted by molar-refractivity contribution is -0.0224. The Labute approximate surface area is 120 Å². The molecular formula is C16H24O4. The number of benzene rings is 1. The minimum Gasteiger partial charge on any atom is -0.478 e. The maximum atomic E-state index is 12.0. The van der Waals surface area contributed by atoms with Gasteiger partial charge in [0.2, 0.25) is 0 Å². The quantitative estimate of drug-likeness (QED) is 0.847. The van der Waals surface area contributed by atoms with Gasteiger partial charge in [0.15, 0.2) is 0 Å². The van der Waals surface area contributed by atoms with Crippen molar-refractivity contribution in [3.63, 3.8) is 0 Å². The van der Waals surface area contributed by atoms with Crippen LogP contribution in [0, 0.1) is 5.92 Å². The zero-order valence-corrected chi connectivity index (χ0v) is 13.1. The van der Waals surface area contributed by atoms with Crippen molar-refractivity contribution in [2.75, 3.05) is 0 Å². The lowest BCUT2D eigenvalue weighted by atomic mass is 9.94. The minimum absolute atomic E-state index is 0.0398. The van der Waals surface area contributed by atoms with Gasteiger partial charge in [-0.2, -0.15) is 0 Å². The molecule has 4 heteroatoms. The van der Waals surface area contributed by atoms with Gasteiger partial charge in [0.25, 0.3) is 0 Å². The predicted molar refractivity (Wildman–Crippen MR) is 79.1 cm³/mol. The number of hydrogen-bond acceptors (Lipinski definition) is 3. The Morgan fingerprint density at radius 3 is 1.95 bits per heavy atom. The standard InChI is InChI=1S/C14H18O4.C2H6/c1-9(2)14(3,4)18-13(17)11-8-6-5-7-10(11)12(15)16;1-2/h5-9H,1-4H3,(H,15,16);1-2H3. The molecule has 0 unspecified atom stereocenters. The van der Waals surface area contributed by atoms with E-state index in [0.717, 1.165) is 0 Å². The van der Waals surface area contributed by atoms with E-state index in [9.17, 15) is 9.59 Å². The first kappa shape index (κ1) is 18.2. The molecule has 20 heavy (non-hydrogen) atoms. The summed E-state index contributed by atoms with van der Waals surface area (Å²) in [5.74, 6) is -1.60. The molecule has 0 saturated heterocycles. The fourth-order valence-corrected chi connectivity index (χ4v) is 1.26. The summed E-state index contributed by atoms with van der Waals surface area (Å²) in [4.78, 5) is 23.0. The highest BCUT2D eigenvalue weighted by Crippen LogP contribution is 2.23. The molecule has 0 heterocycles. The molecule has 0 spiro atoms. The van der Waals surface area contributed by atoms with Crippen molar-refractivity contribution in [1.82, 2.24) is 0 Å². The fourth-order valence-electron chi connectivity index (χ4n) is 1.26. The molecule has 1 N–H and O–H groups in total. The van der Waals surface area contributed by atoms with E-state index in [-0.39, 0.29) is 17.0 Å². The van der Waals surface area contributed by atoms with Gasteiger partial charge < -0.3 is 9.84 Å². The lowest BCUT2D eigenvalue weighted by Crippen LogP contribution is -2.34. The summed E-state index contributed by atoms with van der Waals surface area (Å²) >= 11 is 0. The molecule has 0 bridgehead atoms. The van der Waals surface area contributed by atoms with Crippen LogP contribution in [0.5, 0.6) is 0 Å². The van der Waals surface area contributed by atoms with E-state index >= 15 is 0 Å². The van der Waals surface area contributed by atoms with Crippen molar-refractivity contribution < 1.29 is 19.4 Å². The zero-order chi connectivity index (χ0) is 15.9. The SMILES string of the molecule is CC.CC(C)C(C)(C)OC(=O)c1ccccc1C(=O)O. The van der Waals surface area contributed by atoms with Gasteiger partial charge in [0.1, 0.15) is 5.60 Å². The lowest BCUT2D eigenvalue weighted by Gasteiger charge is -2.29. The van der Waals surface area contributed by atoms with Gasteiger partial charge in [-0.1, -0.05) is 39.8 Å². The number of aromatic carboxylic acids is 1. The van der Waals surface area contributed by atoms with Crippen LogP contribution in [-0.2, 0) is 4.74 Å². The first-order valence-electron chi connectivity index (χ1n) is 6.81. The summed E-state index contributed by atoms with van der Waals surface area (Å²) in [6.07, 6.45) is 0. The Hall–Kier alpha value is -1.84. The number of carboxylic acids is 1. The molecule has 0 amide bonds. The van der Waals surface area contributed by atoms with E-state index in [1.165, 1.54) is 12.1 Å². The van der Waals surface area contributed by atoms with E-state index in [1.807, 2.05) is 27.7 Å². The maximum absolute atomic E-state index is 12.0. The second-order valence-corrected chi connectivity index (χ2v) is 5.00. The maximum Gasteiger partial charge on any atom is 0.339 e. The normalized spacial score (nSPS) is 10.6. The number of carbonyl (C=O) groups is 2. The Balaban J connectivity index is 0.00000172. The molecule has 0 radical (unpaired) electrons. The molecule has 1 rings (SSSR count). The van der Waals surface area contributed by atoms with Crippen molar-refractivity contribution in [3.05, 3.63) is 35.4 Å². The van der Waals surface area contributed by atoms with Gasteiger partial charge >= 0.3 is 11.9 Å². The van der Waals surface area contributed by atoms with Gasteiger partial charge in [0, 0.05) is 0 Å². The Morgan fingerprint density at radius 1 is 1.10 bits per heavy atom. The van der Waals surface area contributed by atoms with Gasteiger partial charge in [-0.3, -0.25) is 0 Å². The summed E-state index contributed by atoms with van der Waals surface area (Å²) in [5.41, 5.74) is -0.594. The molecule has 1 aromatic carbocycles. The molecule has 0 aliphatic rings. The van der Waals surface area contributed by atoms with E-state index in [4.69, 9.17) is 9.84 Å². The monoisotopic (exact) mass is 280 g/mol. The Bertz CT molecular complexity index is 461. The second kappa shape index (κ2) is 7.68. The molecule has 0 fully saturated rings. The summed E-state index contributed by atoms with van der Waals surface area (Å²) in [6.45, 7) is 11.5. The molecule has 0 atom stereocenters. The molecular weight excluding hydrogens is 256 g/mol. The van der Waals surface area contributed by atoms with Crippen LogP contribution in [0.2, 0.25) is 0 Å². The highest BCUT2D eigenvalue weighted by molar-refractivity contribution is 6.02. The largest absolute Gasteiger partial charge is 0.478 e. The molecule has 4 nitrogen and oxygen atoms in total. The van der Waals surface area contributed by atoms with Crippen LogP contribution in [0.1, 0.15) is 62.3 Å². The average Bonchev–Trinajstić information content (AvgIpc) is 2.40. The molecule has 1 aromatic rings. The van der Waals surface area contributed by atoms with Crippen LogP contribution in [-0.4, -0.2) is 22.6 Å². The van der Waals surface area contributed by atoms with Gasteiger partial charge in [0.05, 0.1) is 11.1 Å². The predicted octanol–water partition coefficient (Wildman–Crippen LogP) is 4.00.